The van der Waals surface area contributed by atoms with Crippen LogP contribution < -0.4 is 5.73 Å². The summed E-state index contributed by atoms with van der Waals surface area (Å²) in [5.41, 5.74) is 7.27. The van der Waals surface area contributed by atoms with Gasteiger partial charge in [-0.25, -0.2) is 4.98 Å². The molecule has 0 saturated carbocycles. The SMILES string of the molecule is CCC(N)c1ccccc1Sc1ncc[nH]1. The van der Waals surface area contributed by atoms with Crippen LogP contribution in [0, 0.1) is 0 Å². The van der Waals surface area contributed by atoms with Crippen LogP contribution in [0.25, 0.3) is 0 Å². The van der Waals surface area contributed by atoms with E-state index >= 15 is 0 Å². The molecular formula is C12H15N3S. The summed E-state index contributed by atoms with van der Waals surface area (Å²) in [6, 6.07) is 8.31. The molecule has 3 nitrogen and oxygen atoms in total. The average molecular weight is 233 g/mol. The van der Waals surface area contributed by atoms with Gasteiger partial charge in [0.15, 0.2) is 5.16 Å². The van der Waals surface area contributed by atoms with Crippen LogP contribution in [0.5, 0.6) is 0 Å². The van der Waals surface area contributed by atoms with Crippen molar-refractivity contribution in [3.05, 3.63) is 42.2 Å². The molecule has 1 unspecified atom stereocenters. The maximum Gasteiger partial charge on any atom is 0.170 e. The van der Waals surface area contributed by atoms with E-state index in [1.807, 2.05) is 18.3 Å². The topological polar surface area (TPSA) is 54.7 Å². The van der Waals surface area contributed by atoms with Crippen LogP contribution in [0.4, 0.5) is 0 Å². The highest BCUT2D eigenvalue weighted by atomic mass is 32.2. The number of nitrogens with zero attached hydrogens (tertiary/aromatic N) is 1. The van der Waals surface area contributed by atoms with E-state index in [1.165, 1.54) is 10.5 Å². The standard InChI is InChI=1S/C12H15N3S/c1-2-10(13)9-5-3-4-6-11(9)16-12-14-7-8-15-12/h3-8,10H,2,13H2,1H3,(H,14,15). The predicted molar refractivity (Wildman–Crippen MR) is 66.4 cm³/mol. The highest BCUT2D eigenvalue weighted by molar-refractivity contribution is 7.99. The van der Waals surface area contributed by atoms with Gasteiger partial charge in [-0.1, -0.05) is 36.9 Å². The molecule has 1 atom stereocenters. The van der Waals surface area contributed by atoms with Gasteiger partial charge in [-0.05, 0) is 18.1 Å². The maximum atomic E-state index is 6.08. The molecule has 0 aliphatic heterocycles. The van der Waals surface area contributed by atoms with Gasteiger partial charge in [-0.2, -0.15) is 0 Å². The number of hydrogen-bond acceptors (Lipinski definition) is 3. The molecule has 0 amide bonds. The van der Waals surface area contributed by atoms with Crippen molar-refractivity contribution in [1.82, 2.24) is 9.97 Å². The molecule has 0 aliphatic carbocycles. The number of benzene rings is 1. The molecule has 1 heterocycles. The van der Waals surface area contributed by atoms with E-state index in [9.17, 15) is 0 Å². The van der Waals surface area contributed by atoms with Gasteiger partial charge in [-0.3, -0.25) is 0 Å². The Balaban J connectivity index is 2.26. The molecule has 3 N–H and O–H groups in total. The third kappa shape index (κ3) is 2.46. The minimum Gasteiger partial charge on any atom is -0.339 e. The Hall–Kier alpha value is -1.26. The number of imidazole rings is 1. The van der Waals surface area contributed by atoms with Crippen molar-refractivity contribution in [2.24, 2.45) is 5.73 Å². The number of nitrogens with one attached hydrogen (secondary N) is 1. The van der Waals surface area contributed by atoms with Crippen molar-refractivity contribution in [1.29, 1.82) is 0 Å². The minimum atomic E-state index is 0.0960. The van der Waals surface area contributed by atoms with Crippen LogP contribution in [0.3, 0.4) is 0 Å². The predicted octanol–water partition coefficient (Wildman–Crippen LogP) is 2.97. The van der Waals surface area contributed by atoms with E-state index in [-0.39, 0.29) is 6.04 Å². The van der Waals surface area contributed by atoms with E-state index in [1.54, 1.807) is 18.0 Å². The first-order valence-electron chi connectivity index (χ1n) is 5.33. The van der Waals surface area contributed by atoms with Crippen LogP contribution in [0.15, 0.2) is 46.7 Å². The molecule has 0 bridgehead atoms. The summed E-state index contributed by atoms with van der Waals surface area (Å²) in [7, 11) is 0. The first kappa shape index (κ1) is 11.2. The van der Waals surface area contributed by atoms with Gasteiger partial charge in [0.2, 0.25) is 0 Å². The van der Waals surface area contributed by atoms with Gasteiger partial charge in [0.25, 0.3) is 0 Å². The van der Waals surface area contributed by atoms with Crippen molar-refractivity contribution in [2.45, 2.75) is 29.4 Å². The molecule has 2 rings (SSSR count). The number of nitrogens with two attached hydrogens (primary N) is 1. The quantitative estimate of drug-likeness (QED) is 0.853. The Morgan fingerprint density at radius 1 is 1.44 bits per heavy atom. The highest BCUT2D eigenvalue weighted by Gasteiger charge is 2.10. The molecule has 16 heavy (non-hydrogen) atoms. The van der Waals surface area contributed by atoms with Crippen LogP contribution in [-0.2, 0) is 0 Å². The minimum absolute atomic E-state index is 0.0960. The fraction of sp³-hybridized carbons (Fsp3) is 0.250. The van der Waals surface area contributed by atoms with Gasteiger partial charge < -0.3 is 10.7 Å². The molecule has 2 aromatic rings. The smallest absolute Gasteiger partial charge is 0.170 e. The monoisotopic (exact) mass is 233 g/mol. The lowest BCUT2D eigenvalue weighted by Gasteiger charge is -2.13. The zero-order valence-corrected chi connectivity index (χ0v) is 10.00. The van der Waals surface area contributed by atoms with Crippen molar-refractivity contribution < 1.29 is 0 Å². The van der Waals surface area contributed by atoms with Crippen LogP contribution in [0.2, 0.25) is 0 Å². The van der Waals surface area contributed by atoms with E-state index in [4.69, 9.17) is 5.73 Å². The summed E-state index contributed by atoms with van der Waals surface area (Å²) in [5.74, 6) is 0. The average Bonchev–Trinajstić information content (AvgIpc) is 2.82. The summed E-state index contributed by atoms with van der Waals surface area (Å²) < 4.78 is 0. The number of aromatic amines is 1. The molecule has 84 valence electrons. The second kappa shape index (κ2) is 5.18. The third-order valence-corrected chi connectivity index (χ3v) is 3.45. The summed E-state index contributed by atoms with van der Waals surface area (Å²) >= 11 is 1.62. The first-order chi connectivity index (χ1) is 7.81. The van der Waals surface area contributed by atoms with E-state index in [2.05, 4.69) is 29.0 Å². The molecule has 0 spiro atoms. The summed E-state index contributed by atoms with van der Waals surface area (Å²) in [6.07, 6.45) is 4.52. The molecule has 4 heteroatoms. The molecule has 0 aliphatic rings. The van der Waals surface area contributed by atoms with Crippen LogP contribution in [-0.4, -0.2) is 9.97 Å². The number of hydrogen-bond donors (Lipinski definition) is 2. The van der Waals surface area contributed by atoms with Gasteiger partial charge >= 0.3 is 0 Å². The zero-order chi connectivity index (χ0) is 11.4. The van der Waals surface area contributed by atoms with E-state index < -0.39 is 0 Å². The third-order valence-electron chi connectivity index (χ3n) is 2.44. The van der Waals surface area contributed by atoms with Gasteiger partial charge in [0, 0.05) is 23.3 Å². The lowest BCUT2D eigenvalue weighted by molar-refractivity contribution is 0.685. The first-order valence-corrected chi connectivity index (χ1v) is 6.14. The number of aromatic nitrogens is 2. The lowest BCUT2D eigenvalue weighted by atomic mass is 10.1. The van der Waals surface area contributed by atoms with Crippen molar-refractivity contribution >= 4 is 11.8 Å². The fourth-order valence-electron chi connectivity index (χ4n) is 1.51. The highest BCUT2D eigenvalue weighted by Crippen LogP contribution is 2.31. The van der Waals surface area contributed by atoms with E-state index in [0.717, 1.165) is 11.6 Å². The van der Waals surface area contributed by atoms with Crippen molar-refractivity contribution in [3.8, 4) is 0 Å². The summed E-state index contributed by atoms with van der Waals surface area (Å²) in [6.45, 7) is 2.10. The van der Waals surface area contributed by atoms with Gasteiger partial charge in [-0.15, -0.1) is 0 Å². The normalized spacial score (nSPS) is 12.6. The lowest BCUT2D eigenvalue weighted by Crippen LogP contribution is -2.09. The number of rotatable bonds is 4. The van der Waals surface area contributed by atoms with Gasteiger partial charge in [0.1, 0.15) is 0 Å². The molecule has 0 fully saturated rings. The Bertz CT molecular complexity index is 439. The Morgan fingerprint density at radius 2 is 2.25 bits per heavy atom. The van der Waals surface area contributed by atoms with E-state index in [0.29, 0.717) is 0 Å². The summed E-state index contributed by atoms with van der Waals surface area (Å²) in [4.78, 5) is 8.46. The molecule has 1 aromatic carbocycles. The van der Waals surface area contributed by atoms with Crippen LogP contribution >= 0.6 is 11.8 Å². The Kier molecular flexibility index (Phi) is 3.64. The second-order valence-electron chi connectivity index (χ2n) is 3.55. The van der Waals surface area contributed by atoms with Crippen molar-refractivity contribution in [3.63, 3.8) is 0 Å². The summed E-state index contributed by atoms with van der Waals surface area (Å²) in [5, 5.41) is 0.899. The molecule has 0 saturated heterocycles. The zero-order valence-electron chi connectivity index (χ0n) is 9.18. The second-order valence-corrected chi connectivity index (χ2v) is 4.58. The van der Waals surface area contributed by atoms with Crippen molar-refractivity contribution in [2.75, 3.05) is 0 Å². The molecular weight excluding hydrogens is 218 g/mol. The molecule has 1 aromatic heterocycles. The maximum absolute atomic E-state index is 6.08. The largest absolute Gasteiger partial charge is 0.339 e. The Morgan fingerprint density at radius 3 is 2.94 bits per heavy atom. The Labute approximate surface area is 99.5 Å². The van der Waals surface area contributed by atoms with Crippen LogP contribution in [0.1, 0.15) is 24.9 Å². The molecule has 0 radical (unpaired) electrons. The fourth-order valence-corrected chi connectivity index (χ4v) is 2.44. The number of H-pyrrole nitrogens is 1. The van der Waals surface area contributed by atoms with Gasteiger partial charge in [0.05, 0.1) is 0 Å².